The van der Waals surface area contributed by atoms with Crippen LogP contribution in [0.1, 0.15) is 56.6 Å². The van der Waals surface area contributed by atoms with Gasteiger partial charge in [-0.15, -0.1) is 10.2 Å². The highest BCUT2D eigenvalue weighted by Gasteiger charge is 2.21. The number of hydrogen-bond donors (Lipinski definition) is 1. The molecule has 1 unspecified atom stereocenters. The fourth-order valence-electron chi connectivity index (χ4n) is 2.88. The Morgan fingerprint density at radius 1 is 1.36 bits per heavy atom. The van der Waals surface area contributed by atoms with Crippen molar-refractivity contribution in [2.45, 2.75) is 58.7 Å². The Labute approximate surface area is 129 Å². The summed E-state index contributed by atoms with van der Waals surface area (Å²) in [6.45, 7) is 7.40. The normalized spacial score (nSPS) is 15.1. The zero-order valence-corrected chi connectivity index (χ0v) is 13.3. The van der Waals surface area contributed by atoms with Crippen molar-refractivity contribution in [2.24, 2.45) is 0 Å². The van der Waals surface area contributed by atoms with E-state index in [-0.39, 0.29) is 17.9 Å². The summed E-state index contributed by atoms with van der Waals surface area (Å²) in [6.07, 6.45) is 5.68. The molecule has 1 amide bonds. The van der Waals surface area contributed by atoms with Crippen molar-refractivity contribution in [2.75, 3.05) is 0 Å². The number of nitrogens with one attached hydrogen (secondary N) is 1. The lowest BCUT2D eigenvalue weighted by Gasteiger charge is -2.17. The Hall–Kier alpha value is -2.18. The van der Waals surface area contributed by atoms with Crippen LogP contribution >= 0.6 is 0 Å². The molecule has 0 saturated heterocycles. The van der Waals surface area contributed by atoms with Crippen LogP contribution in [0.4, 0.5) is 0 Å². The first-order valence-corrected chi connectivity index (χ1v) is 7.79. The van der Waals surface area contributed by atoms with Crippen LogP contribution in [0.5, 0.6) is 0 Å². The lowest BCUT2D eigenvalue weighted by molar-refractivity contribution is -0.124. The third kappa shape index (κ3) is 2.63. The van der Waals surface area contributed by atoms with Gasteiger partial charge in [0, 0.05) is 31.3 Å². The fraction of sp³-hybridized carbons (Fsp3) is 0.600. The molecule has 1 N–H and O–H groups in total. The Kier molecular flexibility index (Phi) is 3.96. The van der Waals surface area contributed by atoms with E-state index >= 15 is 0 Å². The third-order valence-corrected chi connectivity index (χ3v) is 4.12. The van der Waals surface area contributed by atoms with Gasteiger partial charge >= 0.3 is 0 Å². The first kappa shape index (κ1) is 14.7. The van der Waals surface area contributed by atoms with Crippen LogP contribution in [0.2, 0.25) is 0 Å². The zero-order chi connectivity index (χ0) is 15.7. The lowest BCUT2D eigenvalue weighted by Crippen LogP contribution is -2.32. The highest BCUT2D eigenvalue weighted by Crippen LogP contribution is 2.18. The van der Waals surface area contributed by atoms with Gasteiger partial charge in [0.1, 0.15) is 17.7 Å². The quantitative estimate of drug-likeness (QED) is 0.906. The van der Waals surface area contributed by atoms with E-state index in [1.807, 2.05) is 17.7 Å². The second-order valence-electron chi connectivity index (χ2n) is 6.03. The predicted octanol–water partition coefficient (Wildman–Crippen LogP) is 1.42. The van der Waals surface area contributed by atoms with Crippen LogP contribution in [0, 0.1) is 0 Å². The summed E-state index contributed by atoms with van der Waals surface area (Å²) in [5.74, 6) is 3.03. The topological polar surface area (TPSA) is 77.6 Å². The van der Waals surface area contributed by atoms with E-state index in [1.165, 1.54) is 0 Å². The number of rotatable bonds is 5. The molecule has 3 rings (SSSR count). The summed E-state index contributed by atoms with van der Waals surface area (Å²) < 4.78 is 4.02. The van der Waals surface area contributed by atoms with E-state index in [0.717, 1.165) is 36.9 Å². The molecule has 0 bridgehead atoms. The molecule has 2 aromatic rings. The number of nitrogens with zero attached hydrogens (tertiary/aromatic N) is 5. The molecule has 7 nitrogen and oxygen atoms in total. The molecule has 2 aromatic heterocycles. The van der Waals surface area contributed by atoms with Gasteiger partial charge in [-0.25, -0.2) is 4.98 Å². The largest absolute Gasteiger partial charge is 0.347 e. The SMILES string of the molecule is CC(C)c1nccn1C(C)C(=O)NCc1nnc2n1CCC2. The fourth-order valence-corrected chi connectivity index (χ4v) is 2.88. The maximum atomic E-state index is 12.4. The number of carbonyl (C=O) groups excluding carboxylic acids is 1. The Balaban J connectivity index is 1.65. The van der Waals surface area contributed by atoms with Gasteiger partial charge in [0.25, 0.3) is 0 Å². The van der Waals surface area contributed by atoms with Gasteiger partial charge in [0.2, 0.25) is 5.91 Å². The van der Waals surface area contributed by atoms with Crippen molar-refractivity contribution in [3.63, 3.8) is 0 Å². The minimum absolute atomic E-state index is 0.0322. The summed E-state index contributed by atoms with van der Waals surface area (Å²) >= 11 is 0. The van der Waals surface area contributed by atoms with Gasteiger partial charge in [-0.1, -0.05) is 13.8 Å². The molecule has 22 heavy (non-hydrogen) atoms. The van der Waals surface area contributed by atoms with Crippen LogP contribution in [0.25, 0.3) is 0 Å². The van der Waals surface area contributed by atoms with Crippen LogP contribution < -0.4 is 5.32 Å². The number of imidazole rings is 1. The number of aromatic nitrogens is 5. The molecular weight excluding hydrogens is 280 g/mol. The van der Waals surface area contributed by atoms with Crippen molar-refractivity contribution in [1.82, 2.24) is 29.6 Å². The molecule has 0 saturated carbocycles. The standard InChI is InChI=1S/C15H22N6O/c1-10(2)14-16-6-8-20(14)11(3)15(22)17-9-13-19-18-12-5-4-7-21(12)13/h6,8,10-11H,4-5,7,9H2,1-3H3,(H,17,22). The van der Waals surface area contributed by atoms with Crippen molar-refractivity contribution in [1.29, 1.82) is 0 Å². The summed E-state index contributed by atoms with van der Waals surface area (Å²) in [5.41, 5.74) is 0. The zero-order valence-electron chi connectivity index (χ0n) is 13.3. The van der Waals surface area contributed by atoms with Gasteiger partial charge in [-0.2, -0.15) is 0 Å². The first-order valence-electron chi connectivity index (χ1n) is 7.79. The van der Waals surface area contributed by atoms with Crippen LogP contribution in [0.15, 0.2) is 12.4 Å². The molecule has 3 heterocycles. The van der Waals surface area contributed by atoms with Crippen LogP contribution in [0.3, 0.4) is 0 Å². The maximum Gasteiger partial charge on any atom is 0.243 e. The molecule has 7 heteroatoms. The minimum Gasteiger partial charge on any atom is -0.347 e. The highest BCUT2D eigenvalue weighted by atomic mass is 16.2. The number of carbonyl (C=O) groups is 1. The highest BCUT2D eigenvalue weighted by molar-refractivity contribution is 5.79. The molecule has 1 aliphatic rings. The summed E-state index contributed by atoms with van der Waals surface area (Å²) in [4.78, 5) is 16.7. The Bertz CT molecular complexity index is 671. The van der Waals surface area contributed by atoms with Crippen LogP contribution in [-0.2, 0) is 24.3 Å². The van der Waals surface area contributed by atoms with E-state index < -0.39 is 0 Å². The van der Waals surface area contributed by atoms with Gasteiger partial charge in [-0.05, 0) is 13.3 Å². The molecule has 1 aliphatic heterocycles. The average molecular weight is 302 g/mol. The van der Waals surface area contributed by atoms with E-state index in [1.54, 1.807) is 6.20 Å². The predicted molar refractivity (Wildman–Crippen MR) is 81.2 cm³/mol. The van der Waals surface area contributed by atoms with Crippen LogP contribution in [-0.4, -0.2) is 30.2 Å². The van der Waals surface area contributed by atoms with E-state index in [9.17, 15) is 4.79 Å². The van der Waals surface area contributed by atoms with Crippen molar-refractivity contribution < 1.29 is 4.79 Å². The van der Waals surface area contributed by atoms with Crippen molar-refractivity contribution >= 4 is 5.91 Å². The number of fused-ring (bicyclic) bond motifs is 1. The average Bonchev–Trinajstić information content (AvgIpc) is 3.19. The number of amides is 1. The maximum absolute atomic E-state index is 12.4. The monoisotopic (exact) mass is 302 g/mol. The van der Waals surface area contributed by atoms with Gasteiger partial charge < -0.3 is 14.5 Å². The third-order valence-electron chi connectivity index (χ3n) is 4.12. The molecule has 0 radical (unpaired) electrons. The van der Waals surface area contributed by atoms with Crippen molar-refractivity contribution in [3.8, 4) is 0 Å². The lowest BCUT2D eigenvalue weighted by atomic mass is 10.2. The minimum atomic E-state index is -0.291. The summed E-state index contributed by atoms with van der Waals surface area (Å²) in [5, 5.41) is 11.3. The molecular formula is C15H22N6O. The smallest absolute Gasteiger partial charge is 0.243 e. The summed E-state index contributed by atoms with van der Waals surface area (Å²) in [7, 11) is 0. The van der Waals surface area contributed by atoms with E-state index in [2.05, 4.69) is 38.9 Å². The van der Waals surface area contributed by atoms with Gasteiger partial charge in [-0.3, -0.25) is 4.79 Å². The van der Waals surface area contributed by atoms with Crippen molar-refractivity contribution in [3.05, 3.63) is 29.9 Å². The second-order valence-corrected chi connectivity index (χ2v) is 6.03. The molecule has 1 atom stereocenters. The first-order chi connectivity index (χ1) is 10.6. The van der Waals surface area contributed by atoms with E-state index in [0.29, 0.717) is 6.54 Å². The molecule has 0 spiro atoms. The molecule has 118 valence electrons. The number of aryl methyl sites for hydroxylation is 1. The molecule has 0 aliphatic carbocycles. The van der Waals surface area contributed by atoms with E-state index in [4.69, 9.17) is 0 Å². The molecule has 0 fully saturated rings. The summed E-state index contributed by atoms with van der Waals surface area (Å²) in [6, 6.07) is -0.291. The number of hydrogen-bond acceptors (Lipinski definition) is 4. The van der Waals surface area contributed by atoms with Gasteiger partial charge in [0.15, 0.2) is 5.82 Å². The molecule has 0 aromatic carbocycles. The Morgan fingerprint density at radius 3 is 2.95 bits per heavy atom. The van der Waals surface area contributed by atoms with Gasteiger partial charge in [0.05, 0.1) is 6.54 Å². The Morgan fingerprint density at radius 2 is 2.18 bits per heavy atom. The second kappa shape index (κ2) is 5.90.